The van der Waals surface area contributed by atoms with Crippen molar-refractivity contribution in [2.45, 2.75) is 18.1 Å². The van der Waals surface area contributed by atoms with Crippen molar-refractivity contribution < 1.29 is 27.2 Å². The van der Waals surface area contributed by atoms with Crippen LogP contribution in [0.15, 0.2) is 45.9 Å². The van der Waals surface area contributed by atoms with Gasteiger partial charge in [-0.15, -0.1) is 0 Å². The largest absolute Gasteiger partial charge is 0.447 e. The van der Waals surface area contributed by atoms with E-state index in [9.17, 15) is 18.0 Å². The fraction of sp³-hybridized carbons (Fsp3) is 0.143. The Morgan fingerprint density at radius 1 is 1.21 bits per heavy atom. The van der Waals surface area contributed by atoms with Gasteiger partial charge in [0.15, 0.2) is 6.10 Å². The zero-order valence-corrected chi connectivity index (χ0v) is 13.9. The van der Waals surface area contributed by atoms with Crippen LogP contribution in [0.1, 0.15) is 17.5 Å². The lowest BCUT2D eigenvalue weighted by Gasteiger charge is -2.12. The molecule has 1 aromatic carbocycles. The Morgan fingerprint density at radius 2 is 1.83 bits per heavy atom. The van der Waals surface area contributed by atoms with Crippen LogP contribution in [0.4, 0.5) is 5.69 Å². The molecule has 1 amide bonds. The first-order chi connectivity index (χ1) is 11.2. The summed E-state index contributed by atoms with van der Waals surface area (Å²) >= 11 is 5.74. The third kappa shape index (κ3) is 4.57. The Labute approximate surface area is 142 Å². The number of benzene rings is 1. The van der Waals surface area contributed by atoms with E-state index in [0.717, 1.165) is 12.1 Å². The van der Waals surface area contributed by atoms with E-state index in [0.29, 0.717) is 10.7 Å². The first kappa shape index (κ1) is 18.0. The molecule has 2 aromatic rings. The predicted molar refractivity (Wildman–Crippen MR) is 85.0 cm³/mol. The van der Waals surface area contributed by atoms with Gasteiger partial charge in [-0.05, 0) is 43.3 Å². The third-order valence-electron chi connectivity index (χ3n) is 2.83. The molecule has 3 N–H and O–H groups in total. The molecule has 1 heterocycles. The minimum atomic E-state index is -4.07. The number of furan rings is 1. The number of amides is 1. The molecule has 0 fully saturated rings. The van der Waals surface area contributed by atoms with Crippen LogP contribution in [-0.4, -0.2) is 26.4 Å². The van der Waals surface area contributed by atoms with Gasteiger partial charge < -0.3 is 14.5 Å². The Kier molecular flexibility index (Phi) is 5.27. The van der Waals surface area contributed by atoms with Crippen LogP contribution in [0, 0.1) is 0 Å². The van der Waals surface area contributed by atoms with Crippen LogP contribution in [0.2, 0.25) is 5.02 Å². The van der Waals surface area contributed by atoms with Gasteiger partial charge in [0.2, 0.25) is 10.9 Å². The molecule has 10 heteroatoms. The average molecular weight is 373 g/mol. The quantitative estimate of drug-likeness (QED) is 0.769. The number of primary sulfonamides is 1. The maximum atomic E-state index is 12.0. The molecule has 0 saturated carbocycles. The molecular weight excluding hydrogens is 360 g/mol. The van der Waals surface area contributed by atoms with Crippen LogP contribution in [0.5, 0.6) is 0 Å². The zero-order chi connectivity index (χ0) is 17.9. The molecule has 128 valence electrons. The van der Waals surface area contributed by atoms with Crippen molar-refractivity contribution in [3.8, 4) is 0 Å². The van der Waals surface area contributed by atoms with Gasteiger partial charge in [0.05, 0.1) is 0 Å². The lowest BCUT2D eigenvalue weighted by molar-refractivity contribution is -0.123. The molecule has 1 atom stereocenters. The number of carbonyl (C=O) groups is 2. The van der Waals surface area contributed by atoms with Crippen LogP contribution in [0.3, 0.4) is 0 Å². The maximum absolute atomic E-state index is 12.0. The molecule has 0 aliphatic carbocycles. The number of hydrogen-bond acceptors (Lipinski definition) is 6. The Morgan fingerprint density at radius 3 is 2.38 bits per heavy atom. The molecule has 0 bridgehead atoms. The zero-order valence-electron chi connectivity index (χ0n) is 12.4. The second-order valence-corrected chi connectivity index (χ2v) is 6.64. The molecule has 2 rings (SSSR count). The standard InChI is InChI=1S/C14H13ClN2O6S/c1-8(13(18)17-10-4-2-9(15)3-5-10)22-14(19)11-6-7-12(23-11)24(16,20)21/h2-8H,1H3,(H,17,18)(H2,16,20,21). The molecule has 1 aromatic heterocycles. The number of anilines is 1. The third-order valence-corrected chi connectivity index (χ3v) is 3.86. The number of sulfonamides is 1. The summed E-state index contributed by atoms with van der Waals surface area (Å²) in [5.74, 6) is -1.96. The van der Waals surface area contributed by atoms with Crippen LogP contribution < -0.4 is 10.5 Å². The van der Waals surface area contributed by atoms with Gasteiger partial charge in [-0.3, -0.25) is 4.79 Å². The van der Waals surface area contributed by atoms with E-state index in [-0.39, 0.29) is 5.76 Å². The fourth-order valence-electron chi connectivity index (χ4n) is 1.63. The normalized spacial score (nSPS) is 12.5. The van der Waals surface area contributed by atoms with E-state index in [1.807, 2.05) is 0 Å². The molecule has 0 radical (unpaired) electrons. The lowest BCUT2D eigenvalue weighted by atomic mass is 10.3. The van der Waals surface area contributed by atoms with Crippen LogP contribution in [0.25, 0.3) is 0 Å². The van der Waals surface area contributed by atoms with E-state index in [1.54, 1.807) is 24.3 Å². The Bertz CT molecular complexity index is 860. The smallest absolute Gasteiger partial charge is 0.375 e. The van der Waals surface area contributed by atoms with Crippen molar-refractivity contribution in [3.63, 3.8) is 0 Å². The summed E-state index contributed by atoms with van der Waals surface area (Å²) in [6, 6.07) is 8.45. The summed E-state index contributed by atoms with van der Waals surface area (Å²) in [5, 5.41) is 7.34. The van der Waals surface area contributed by atoms with Gasteiger partial charge in [0, 0.05) is 10.7 Å². The van der Waals surface area contributed by atoms with E-state index >= 15 is 0 Å². The number of nitrogens with one attached hydrogen (secondary N) is 1. The highest BCUT2D eigenvalue weighted by atomic mass is 35.5. The first-order valence-electron chi connectivity index (χ1n) is 6.57. The Balaban J connectivity index is 1.99. The lowest BCUT2D eigenvalue weighted by Crippen LogP contribution is -2.29. The van der Waals surface area contributed by atoms with Crippen molar-refractivity contribution in [1.29, 1.82) is 0 Å². The van der Waals surface area contributed by atoms with E-state index in [1.165, 1.54) is 6.92 Å². The number of nitrogens with two attached hydrogens (primary N) is 1. The molecular formula is C14H13ClN2O6S. The average Bonchev–Trinajstić information content (AvgIpc) is 2.99. The fourth-order valence-corrected chi connectivity index (χ4v) is 2.22. The molecule has 0 aliphatic rings. The molecule has 8 nitrogen and oxygen atoms in total. The van der Waals surface area contributed by atoms with Crippen LogP contribution in [-0.2, 0) is 19.6 Å². The Hall–Kier alpha value is -2.36. The van der Waals surface area contributed by atoms with Gasteiger partial charge >= 0.3 is 5.97 Å². The molecule has 24 heavy (non-hydrogen) atoms. The van der Waals surface area contributed by atoms with E-state index in [2.05, 4.69) is 5.32 Å². The second-order valence-electron chi connectivity index (χ2n) is 4.71. The monoisotopic (exact) mass is 372 g/mol. The van der Waals surface area contributed by atoms with Gasteiger partial charge in [0.1, 0.15) is 0 Å². The highest BCUT2D eigenvalue weighted by Gasteiger charge is 2.23. The van der Waals surface area contributed by atoms with E-state index in [4.69, 9.17) is 25.9 Å². The number of ether oxygens (including phenoxy) is 1. The number of esters is 1. The molecule has 1 unspecified atom stereocenters. The number of rotatable bonds is 5. The minimum absolute atomic E-state index is 0.384. The highest BCUT2D eigenvalue weighted by molar-refractivity contribution is 7.89. The topological polar surface area (TPSA) is 129 Å². The first-order valence-corrected chi connectivity index (χ1v) is 8.49. The number of carbonyl (C=O) groups excluding carboxylic acids is 2. The van der Waals surface area contributed by atoms with Crippen LogP contribution >= 0.6 is 11.6 Å². The van der Waals surface area contributed by atoms with Gasteiger partial charge in [-0.1, -0.05) is 11.6 Å². The van der Waals surface area contributed by atoms with Gasteiger partial charge in [-0.2, -0.15) is 0 Å². The van der Waals surface area contributed by atoms with Crippen molar-refractivity contribution in [2.75, 3.05) is 5.32 Å². The molecule has 0 spiro atoms. The number of hydrogen-bond donors (Lipinski definition) is 2. The summed E-state index contributed by atoms with van der Waals surface area (Å²) in [4.78, 5) is 23.8. The van der Waals surface area contributed by atoms with Crippen molar-refractivity contribution in [1.82, 2.24) is 0 Å². The summed E-state index contributed by atoms with van der Waals surface area (Å²) in [6.45, 7) is 1.35. The minimum Gasteiger partial charge on any atom is -0.447 e. The molecule has 0 saturated heterocycles. The summed E-state index contributed by atoms with van der Waals surface area (Å²) in [5.41, 5.74) is 0.474. The van der Waals surface area contributed by atoms with E-state index < -0.39 is 33.1 Å². The van der Waals surface area contributed by atoms with Crippen molar-refractivity contribution >= 4 is 39.2 Å². The van der Waals surface area contributed by atoms with Crippen molar-refractivity contribution in [3.05, 3.63) is 47.2 Å². The summed E-state index contributed by atoms with van der Waals surface area (Å²) < 4.78 is 31.9. The van der Waals surface area contributed by atoms with Gasteiger partial charge in [-0.25, -0.2) is 18.4 Å². The van der Waals surface area contributed by atoms with Crippen molar-refractivity contribution in [2.24, 2.45) is 5.14 Å². The molecule has 0 aliphatic heterocycles. The second kappa shape index (κ2) is 7.04. The van der Waals surface area contributed by atoms with Gasteiger partial charge in [0.25, 0.3) is 15.9 Å². The predicted octanol–water partition coefficient (Wildman–Crippen LogP) is 1.76. The maximum Gasteiger partial charge on any atom is 0.375 e. The number of halogens is 1. The SMILES string of the molecule is CC(OC(=O)c1ccc(S(N)(=O)=O)o1)C(=O)Nc1ccc(Cl)cc1. The summed E-state index contributed by atoms with van der Waals surface area (Å²) in [6.07, 6.45) is -1.14. The highest BCUT2D eigenvalue weighted by Crippen LogP contribution is 2.16. The summed E-state index contributed by atoms with van der Waals surface area (Å²) in [7, 11) is -4.07.